The van der Waals surface area contributed by atoms with E-state index in [9.17, 15) is 13.2 Å². The van der Waals surface area contributed by atoms with Gasteiger partial charge in [0.1, 0.15) is 5.58 Å². The number of rotatable bonds is 5. The molecule has 2 aromatic carbocycles. The summed E-state index contributed by atoms with van der Waals surface area (Å²) in [5, 5.41) is 1.08. The fraction of sp³-hybridized carbons (Fsp3) is 0.167. The van der Waals surface area contributed by atoms with Gasteiger partial charge in [-0.25, -0.2) is 13.2 Å². The van der Waals surface area contributed by atoms with Crippen molar-refractivity contribution in [1.29, 1.82) is 0 Å². The average Bonchev–Trinajstić information content (AvgIpc) is 2.92. The van der Waals surface area contributed by atoms with E-state index >= 15 is 0 Å². The monoisotopic (exact) mass is 393 g/mol. The highest BCUT2D eigenvalue weighted by Gasteiger charge is 2.20. The first kappa shape index (κ1) is 18.3. The molecule has 0 bridgehead atoms. The zero-order chi connectivity index (χ0) is 18.9. The van der Waals surface area contributed by atoms with E-state index in [4.69, 9.17) is 20.8 Å². The van der Waals surface area contributed by atoms with Gasteiger partial charge in [0.2, 0.25) is 5.76 Å². The van der Waals surface area contributed by atoms with Gasteiger partial charge in [0.25, 0.3) is 10.0 Å². The van der Waals surface area contributed by atoms with Crippen LogP contribution in [0.25, 0.3) is 11.0 Å². The van der Waals surface area contributed by atoms with E-state index in [0.29, 0.717) is 27.2 Å². The molecule has 1 aromatic heterocycles. The number of halogens is 1. The molecule has 0 unspecified atom stereocenters. The Balaban J connectivity index is 1.95. The number of nitrogens with one attached hydrogen (secondary N) is 1. The van der Waals surface area contributed by atoms with Crippen LogP contribution in [0.1, 0.15) is 23.0 Å². The summed E-state index contributed by atoms with van der Waals surface area (Å²) in [5.74, 6) is -0.441. The van der Waals surface area contributed by atoms with Crippen LogP contribution >= 0.6 is 11.6 Å². The lowest BCUT2D eigenvalue weighted by atomic mass is 10.1. The third-order valence-corrected chi connectivity index (χ3v) is 5.42. The third kappa shape index (κ3) is 3.54. The number of carbonyl (C=O) groups excluding carboxylic acids is 1. The number of sulfonamides is 1. The summed E-state index contributed by atoms with van der Waals surface area (Å²) < 4.78 is 38.0. The predicted molar refractivity (Wildman–Crippen MR) is 99.2 cm³/mol. The highest BCUT2D eigenvalue weighted by Crippen LogP contribution is 2.29. The molecule has 136 valence electrons. The van der Waals surface area contributed by atoms with E-state index in [2.05, 4.69) is 4.72 Å². The molecule has 0 aliphatic heterocycles. The van der Waals surface area contributed by atoms with Crippen molar-refractivity contribution in [2.45, 2.75) is 18.7 Å². The van der Waals surface area contributed by atoms with Gasteiger partial charge < -0.3 is 9.15 Å². The summed E-state index contributed by atoms with van der Waals surface area (Å²) in [7, 11) is -3.76. The maximum atomic E-state index is 12.5. The summed E-state index contributed by atoms with van der Waals surface area (Å²) in [6.45, 7) is 3.66. The fourth-order valence-corrected chi connectivity index (χ4v) is 3.68. The largest absolute Gasteiger partial charge is 0.460 e. The first-order valence-corrected chi connectivity index (χ1v) is 9.66. The highest BCUT2D eigenvalue weighted by atomic mass is 35.5. The molecule has 26 heavy (non-hydrogen) atoms. The van der Waals surface area contributed by atoms with Gasteiger partial charge in [0.05, 0.1) is 11.5 Å². The number of aryl methyl sites for hydroxylation is 1. The van der Waals surface area contributed by atoms with Crippen LogP contribution in [-0.4, -0.2) is 21.0 Å². The molecule has 0 saturated heterocycles. The lowest BCUT2D eigenvalue weighted by Gasteiger charge is -2.08. The fourth-order valence-electron chi connectivity index (χ4n) is 2.50. The van der Waals surface area contributed by atoms with Gasteiger partial charge in [0.15, 0.2) is 0 Å². The van der Waals surface area contributed by atoms with Gasteiger partial charge in [-0.05, 0) is 56.3 Å². The molecule has 0 saturated carbocycles. The van der Waals surface area contributed by atoms with E-state index in [1.807, 2.05) is 0 Å². The van der Waals surface area contributed by atoms with Crippen LogP contribution in [0.5, 0.6) is 0 Å². The maximum Gasteiger partial charge on any atom is 0.374 e. The van der Waals surface area contributed by atoms with Crippen LogP contribution in [0.2, 0.25) is 5.02 Å². The second-order valence-electron chi connectivity index (χ2n) is 5.55. The number of esters is 1. The second-order valence-corrected chi connectivity index (χ2v) is 7.67. The lowest BCUT2D eigenvalue weighted by molar-refractivity contribution is 0.0491. The number of benzene rings is 2. The van der Waals surface area contributed by atoms with E-state index in [0.717, 1.165) is 0 Å². The molecule has 8 heteroatoms. The number of hydrogen-bond donors (Lipinski definition) is 1. The molecule has 3 rings (SSSR count). The zero-order valence-corrected chi connectivity index (χ0v) is 15.6. The van der Waals surface area contributed by atoms with E-state index in [-0.39, 0.29) is 17.3 Å². The van der Waals surface area contributed by atoms with Crippen LogP contribution in [0.3, 0.4) is 0 Å². The van der Waals surface area contributed by atoms with Crippen molar-refractivity contribution >= 4 is 44.3 Å². The van der Waals surface area contributed by atoms with Gasteiger partial charge in [-0.15, -0.1) is 0 Å². The molecule has 0 aliphatic rings. The first-order chi connectivity index (χ1) is 12.3. The predicted octanol–water partition coefficient (Wildman–Crippen LogP) is 4.37. The van der Waals surface area contributed by atoms with Crippen molar-refractivity contribution in [3.05, 3.63) is 58.8 Å². The summed E-state index contributed by atoms with van der Waals surface area (Å²) in [5.41, 5.74) is 1.41. The van der Waals surface area contributed by atoms with Gasteiger partial charge in [-0.3, -0.25) is 4.72 Å². The Hall–Kier alpha value is -2.51. The summed E-state index contributed by atoms with van der Waals surface area (Å²) in [6.07, 6.45) is 0. The molecule has 0 radical (unpaired) electrons. The Morgan fingerprint density at radius 3 is 2.54 bits per heavy atom. The second kappa shape index (κ2) is 7.01. The summed E-state index contributed by atoms with van der Waals surface area (Å²) >= 11 is 5.79. The van der Waals surface area contributed by atoms with Crippen molar-refractivity contribution in [3.8, 4) is 0 Å². The van der Waals surface area contributed by atoms with E-state index in [1.165, 1.54) is 24.3 Å². The molecule has 1 heterocycles. The molecule has 0 fully saturated rings. The van der Waals surface area contributed by atoms with Gasteiger partial charge in [-0.1, -0.05) is 11.6 Å². The van der Waals surface area contributed by atoms with E-state index < -0.39 is 16.0 Å². The van der Waals surface area contributed by atoms with Crippen molar-refractivity contribution in [1.82, 2.24) is 0 Å². The Bertz CT molecular complexity index is 1070. The van der Waals surface area contributed by atoms with Gasteiger partial charge in [0, 0.05) is 21.7 Å². The summed E-state index contributed by atoms with van der Waals surface area (Å²) in [6, 6.07) is 10.6. The number of furan rings is 1. The van der Waals surface area contributed by atoms with Crippen LogP contribution < -0.4 is 4.72 Å². The molecule has 1 N–H and O–H groups in total. The number of ether oxygens (including phenoxy) is 1. The standard InChI is InChI=1S/C18H16ClNO5S/c1-3-24-18(21)17-11(2)15-10-13(6-9-16(15)25-17)20-26(22,23)14-7-4-12(19)5-8-14/h4-10,20H,3H2,1-2H3. The highest BCUT2D eigenvalue weighted by molar-refractivity contribution is 7.92. The molecule has 0 spiro atoms. The number of hydrogen-bond acceptors (Lipinski definition) is 5. The molecular formula is C18H16ClNO5S. The molecule has 3 aromatic rings. The number of anilines is 1. The quantitative estimate of drug-likeness (QED) is 0.650. The number of carbonyl (C=O) groups is 1. The summed E-state index contributed by atoms with van der Waals surface area (Å²) in [4.78, 5) is 12.0. The smallest absolute Gasteiger partial charge is 0.374 e. The third-order valence-electron chi connectivity index (χ3n) is 3.77. The first-order valence-electron chi connectivity index (χ1n) is 7.80. The topological polar surface area (TPSA) is 85.6 Å². The zero-order valence-electron chi connectivity index (χ0n) is 14.1. The Morgan fingerprint density at radius 1 is 1.19 bits per heavy atom. The van der Waals surface area contributed by atoms with Crippen LogP contribution in [0.4, 0.5) is 5.69 Å². The normalized spacial score (nSPS) is 11.5. The van der Waals surface area contributed by atoms with Crippen LogP contribution in [0, 0.1) is 6.92 Å². The van der Waals surface area contributed by atoms with Gasteiger partial charge >= 0.3 is 5.97 Å². The van der Waals surface area contributed by atoms with Crippen molar-refractivity contribution in [2.24, 2.45) is 0 Å². The minimum atomic E-state index is -3.76. The molecule has 6 nitrogen and oxygen atoms in total. The Labute approximate surface area is 155 Å². The minimum Gasteiger partial charge on any atom is -0.460 e. The molecule has 0 atom stereocenters. The molecular weight excluding hydrogens is 378 g/mol. The molecule has 0 aliphatic carbocycles. The van der Waals surface area contributed by atoms with Crippen molar-refractivity contribution < 1.29 is 22.4 Å². The minimum absolute atomic E-state index is 0.0955. The number of fused-ring (bicyclic) bond motifs is 1. The van der Waals surface area contributed by atoms with E-state index in [1.54, 1.807) is 32.0 Å². The Kier molecular flexibility index (Phi) is 4.93. The van der Waals surface area contributed by atoms with Crippen molar-refractivity contribution in [2.75, 3.05) is 11.3 Å². The maximum absolute atomic E-state index is 12.5. The van der Waals surface area contributed by atoms with Crippen LogP contribution in [0.15, 0.2) is 51.8 Å². The average molecular weight is 394 g/mol. The van der Waals surface area contributed by atoms with Crippen molar-refractivity contribution in [3.63, 3.8) is 0 Å². The Morgan fingerprint density at radius 2 is 1.88 bits per heavy atom. The lowest BCUT2D eigenvalue weighted by Crippen LogP contribution is -2.12. The molecule has 0 amide bonds. The SMILES string of the molecule is CCOC(=O)c1oc2ccc(NS(=O)(=O)c3ccc(Cl)cc3)cc2c1C. The van der Waals surface area contributed by atoms with Gasteiger partial charge in [-0.2, -0.15) is 0 Å². The van der Waals surface area contributed by atoms with Crippen LogP contribution in [-0.2, 0) is 14.8 Å².